The van der Waals surface area contributed by atoms with E-state index in [9.17, 15) is 0 Å². The van der Waals surface area contributed by atoms with Crippen molar-refractivity contribution in [1.82, 2.24) is 14.8 Å². The quantitative estimate of drug-likeness (QED) is 0.782. The Kier molecular flexibility index (Phi) is 4.28. The van der Waals surface area contributed by atoms with E-state index in [1.54, 1.807) is 17.1 Å². The van der Waals surface area contributed by atoms with Crippen LogP contribution in [0.15, 0.2) is 23.1 Å². The fourth-order valence-corrected chi connectivity index (χ4v) is 1.22. The van der Waals surface area contributed by atoms with Crippen LogP contribution >= 0.6 is 0 Å². The van der Waals surface area contributed by atoms with Crippen molar-refractivity contribution < 1.29 is 4.42 Å². The zero-order valence-electron chi connectivity index (χ0n) is 10.6. The van der Waals surface area contributed by atoms with Gasteiger partial charge in [-0.05, 0) is 5.92 Å². The van der Waals surface area contributed by atoms with Crippen LogP contribution in [0.4, 0.5) is 0 Å². The zero-order chi connectivity index (χ0) is 12.1. The molecule has 2 aromatic rings. The summed E-state index contributed by atoms with van der Waals surface area (Å²) in [5, 5.41) is 4.06. The lowest BCUT2D eigenvalue weighted by atomic mass is 10.2. The summed E-state index contributed by atoms with van der Waals surface area (Å²) in [7, 11) is 1.87. The minimum Gasteiger partial charge on any atom is -0.444 e. The Balaban J connectivity index is 0.000000606. The molecule has 0 saturated carbocycles. The van der Waals surface area contributed by atoms with Crippen molar-refractivity contribution >= 4 is 0 Å². The molecule has 0 aromatic carbocycles. The van der Waals surface area contributed by atoms with Gasteiger partial charge in [0.15, 0.2) is 0 Å². The predicted octanol–water partition coefficient (Wildman–Crippen LogP) is 3.22. The summed E-state index contributed by atoms with van der Waals surface area (Å²) in [4.78, 5) is 4.37. The van der Waals surface area contributed by atoms with Crippen molar-refractivity contribution in [2.75, 3.05) is 0 Å². The number of hydrogen-bond acceptors (Lipinski definition) is 3. The third-order valence-electron chi connectivity index (χ3n) is 2.07. The Hall–Kier alpha value is -1.58. The minimum absolute atomic E-state index is 0.393. The van der Waals surface area contributed by atoms with Crippen LogP contribution in [0.5, 0.6) is 0 Å². The highest BCUT2D eigenvalue weighted by Gasteiger charge is 2.10. The predicted molar refractivity (Wildman–Crippen MR) is 64.1 cm³/mol. The van der Waals surface area contributed by atoms with E-state index < -0.39 is 0 Å². The molecule has 2 aromatic heterocycles. The number of nitrogens with zero attached hydrogens (tertiary/aromatic N) is 3. The van der Waals surface area contributed by atoms with Gasteiger partial charge in [-0.25, -0.2) is 4.98 Å². The van der Waals surface area contributed by atoms with Crippen LogP contribution in [-0.4, -0.2) is 14.8 Å². The van der Waals surface area contributed by atoms with E-state index in [2.05, 4.69) is 23.9 Å². The lowest BCUT2D eigenvalue weighted by Crippen LogP contribution is -1.86. The SMILES string of the molecule is CC.CC(C)c1coc(-c2cnn(C)c2)n1. The highest BCUT2D eigenvalue weighted by atomic mass is 16.3. The van der Waals surface area contributed by atoms with Crippen molar-refractivity contribution in [2.24, 2.45) is 7.05 Å². The molecule has 0 radical (unpaired) electrons. The normalized spacial score (nSPS) is 10.1. The van der Waals surface area contributed by atoms with Crippen molar-refractivity contribution in [2.45, 2.75) is 33.6 Å². The largest absolute Gasteiger partial charge is 0.444 e. The molecule has 2 rings (SSSR count). The van der Waals surface area contributed by atoms with Crippen LogP contribution in [0.2, 0.25) is 0 Å². The van der Waals surface area contributed by atoms with Gasteiger partial charge in [0.25, 0.3) is 0 Å². The van der Waals surface area contributed by atoms with Gasteiger partial charge in [-0.15, -0.1) is 0 Å². The van der Waals surface area contributed by atoms with E-state index in [0.717, 1.165) is 11.3 Å². The molecule has 0 atom stereocenters. The average molecular weight is 221 g/mol. The monoisotopic (exact) mass is 221 g/mol. The summed E-state index contributed by atoms with van der Waals surface area (Å²) in [5.74, 6) is 1.03. The van der Waals surface area contributed by atoms with Crippen LogP contribution in [0.3, 0.4) is 0 Å². The lowest BCUT2D eigenvalue weighted by molar-refractivity contribution is 0.571. The van der Waals surface area contributed by atoms with Crippen LogP contribution < -0.4 is 0 Å². The second kappa shape index (κ2) is 5.49. The smallest absolute Gasteiger partial charge is 0.229 e. The minimum atomic E-state index is 0.393. The maximum Gasteiger partial charge on any atom is 0.229 e. The first kappa shape index (κ1) is 12.5. The number of aromatic nitrogens is 3. The molecule has 0 fully saturated rings. The van der Waals surface area contributed by atoms with Crippen molar-refractivity contribution in [1.29, 1.82) is 0 Å². The van der Waals surface area contributed by atoms with E-state index >= 15 is 0 Å². The molecule has 4 nitrogen and oxygen atoms in total. The number of oxazole rings is 1. The first-order valence-corrected chi connectivity index (χ1v) is 5.61. The molecule has 2 heterocycles. The first-order valence-electron chi connectivity index (χ1n) is 5.61. The molecule has 0 unspecified atom stereocenters. The Labute approximate surface area is 96.3 Å². The first-order chi connectivity index (χ1) is 7.66. The standard InChI is InChI=1S/C10H13N3O.C2H6/c1-7(2)9-6-14-10(12-9)8-4-11-13(3)5-8;1-2/h4-7H,1-3H3;1-2H3. The van der Waals surface area contributed by atoms with Gasteiger partial charge in [-0.1, -0.05) is 27.7 Å². The second-order valence-corrected chi connectivity index (χ2v) is 3.63. The molecule has 0 aliphatic rings. The van der Waals surface area contributed by atoms with Gasteiger partial charge in [0.1, 0.15) is 6.26 Å². The number of rotatable bonds is 2. The molecule has 16 heavy (non-hydrogen) atoms. The molecule has 0 N–H and O–H groups in total. The summed E-state index contributed by atoms with van der Waals surface area (Å²) in [6, 6.07) is 0. The molecule has 0 saturated heterocycles. The fraction of sp³-hybridized carbons (Fsp3) is 0.500. The van der Waals surface area contributed by atoms with Gasteiger partial charge in [-0.2, -0.15) is 5.10 Å². The molecular formula is C12H19N3O. The summed E-state index contributed by atoms with van der Waals surface area (Å²) in [6.07, 6.45) is 5.33. The van der Waals surface area contributed by atoms with Crippen molar-refractivity contribution in [3.05, 3.63) is 24.4 Å². The maximum atomic E-state index is 5.36. The van der Waals surface area contributed by atoms with Gasteiger partial charge in [0, 0.05) is 13.2 Å². The molecule has 0 aliphatic heterocycles. The van der Waals surface area contributed by atoms with Gasteiger partial charge in [0.2, 0.25) is 5.89 Å². The van der Waals surface area contributed by atoms with Crippen LogP contribution in [0.25, 0.3) is 11.5 Å². The fourth-order valence-electron chi connectivity index (χ4n) is 1.22. The molecule has 0 bridgehead atoms. The Morgan fingerprint density at radius 1 is 1.31 bits per heavy atom. The van der Waals surface area contributed by atoms with Crippen LogP contribution in [0.1, 0.15) is 39.3 Å². The van der Waals surface area contributed by atoms with E-state index in [4.69, 9.17) is 4.42 Å². The van der Waals surface area contributed by atoms with Crippen LogP contribution in [-0.2, 0) is 7.05 Å². The molecule has 0 aliphatic carbocycles. The molecule has 0 amide bonds. The maximum absolute atomic E-state index is 5.36. The highest BCUT2D eigenvalue weighted by molar-refractivity contribution is 5.50. The topological polar surface area (TPSA) is 43.9 Å². The molecule has 0 spiro atoms. The third-order valence-corrected chi connectivity index (χ3v) is 2.07. The second-order valence-electron chi connectivity index (χ2n) is 3.63. The number of aryl methyl sites for hydroxylation is 1. The van der Waals surface area contributed by atoms with Gasteiger partial charge >= 0.3 is 0 Å². The highest BCUT2D eigenvalue weighted by Crippen LogP contribution is 2.21. The molecule has 4 heteroatoms. The van der Waals surface area contributed by atoms with Gasteiger partial charge < -0.3 is 4.42 Å². The molecule has 88 valence electrons. The van der Waals surface area contributed by atoms with E-state index in [1.165, 1.54) is 0 Å². The van der Waals surface area contributed by atoms with Gasteiger partial charge in [-0.3, -0.25) is 4.68 Å². The van der Waals surface area contributed by atoms with E-state index in [-0.39, 0.29) is 0 Å². The molecular weight excluding hydrogens is 202 g/mol. The van der Waals surface area contributed by atoms with Crippen molar-refractivity contribution in [3.63, 3.8) is 0 Å². The summed E-state index contributed by atoms with van der Waals surface area (Å²) in [5.41, 5.74) is 1.89. The van der Waals surface area contributed by atoms with E-state index in [0.29, 0.717) is 11.8 Å². The summed E-state index contributed by atoms with van der Waals surface area (Å²) >= 11 is 0. The summed E-state index contributed by atoms with van der Waals surface area (Å²) < 4.78 is 7.09. The Bertz CT molecular complexity index is 429. The van der Waals surface area contributed by atoms with Gasteiger partial charge in [0.05, 0.1) is 17.5 Å². The Morgan fingerprint density at radius 2 is 2.00 bits per heavy atom. The Morgan fingerprint density at radius 3 is 2.44 bits per heavy atom. The average Bonchev–Trinajstić information content (AvgIpc) is 2.88. The third kappa shape index (κ3) is 2.72. The number of hydrogen-bond donors (Lipinski definition) is 0. The van der Waals surface area contributed by atoms with Crippen LogP contribution in [0, 0.1) is 0 Å². The van der Waals surface area contributed by atoms with Crippen molar-refractivity contribution in [3.8, 4) is 11.5 Å². The van der Waals surface area contributed by atoms with E-state index in [1.807, 2.05) is 27.1 Å². The lowest BCUT2D eigenvalue weighted by Gasteiger charge is -1.94. The summed E-state index contributed by atoms with van der Waals surface area (Å²) in [6.45, 7) is 8.18. The zero-order valence-corrected chi connectivity index (χ0v) is 10.6.